The molecule has 38 heavy (non-hydrogen) atoms. The normalized spacial score (nSPS) is 15.7. The maximum absolute atomic E-state index is 12.8. The van der Waals surface area contributed by atoms with Gasteiger partial charge in [0.2, 0.25) is 5.91 Å². The number of urea groups is 1. The van der Waals surface area contributed by atoms with Crippen molar-refractivity contribution < 1.29 is 33.8 Å². The molecule has 0 bridgehead atoms. The fraction of sp³-hybridized carbons (Fsp3) is 0.280. The summed E-state index contributed by atoms with van der Waals surface area (Å²) in [5.41, 5.74) is 2.59. The summed E-state index contributed by atoms with van der Waals surface area (Å²) in [5, 5.41) is 16.2. The van der Waals surface area contributed by atoms with Crippen LogP contribution in [0.4, 0.5) is 15.3 Å². The van der Waals surface area contributed by atoms with Crippen LogP contribution in [0.1, 0.15) is 24.7 Å². The largest absolute Gasteiger partial charge is 0.480 e. The van der Waals surface area contributed by atoms with Crippen LogP contribution < -0.4 is 16.0 Å². The maximum Gasteiger partial charge on any atom is 0.408 e. The van der Waals surface area contributed by atoms with Gasteiger partial charge >= 0.3 is 18.1 Å². The van der Waals surface area contributed by atoms with Crippen molar-refractivity contribution in [2.75, 3.05) is 11.9 Å². The highest BCUT2D eigenvalue weighted by molar-refractivity contribution is 6.07. The number of carboxylic acid groups (broad SMARTS) is 1. The molecule has 2 atom stereocenters. The third-order valence-electron chi connectivity index (χ3n) is 5.80. The summed E-state index contributed by atoms with van der Waals surface area (Å²) in [6.45, 7) is 0.665. The van der Waals surface area contributed by atoms with Gasteiger partial charge in [-0.15, -0.1) is 0 Å². The summed E-state index contributed by atoms with van der Waals surface area (Å²) >= 11 is 0. The van der Waals surface area contributed by atoms with Crippen molar-refractivity contribution in [1.29, 1.82) is 0 Å². The molecule has 2 aromatic carbocycles. The molecule has 0 saturated carbocycles. The van der Waals surface area contributed by atoms with E-state index in [1.54, 1.807) is 24.3 Å². The van der Waals surface area contributed by atoms with Gasteiger partial charge in [0.05, 0.1) is 11.0 Å². The summed E-state index contributed by atoms with van der Waals surface area (Å²) in [6.07, 6.45) is -0.139. The average Bonchev–Trinajstić information content (AvgIpc) is 3.42. The number of aromatic amines is 1. The number of aliphatic carboxylic acids is 1. The van der Waals surface area contributed by atoms with Crippen molar-refractivity contribution in [3.05, 3.63) is 59.9 Å². The van der Waals surface area contributed by atoms with Crippen LogP contribution >= 0.6 is 0 Å². The first-order chi connectivity index (χ1) is 18.2. The van der Waals surface area contributed by atoms with Gasteiger partial charge in [-0.25, -0.2) is 14.6 Å². The molecule has 5 N–H and O–H groups in total. The Morgan fingerprint density at radius 3 is 2.71 bits per heavy atom. The number of imide groups is 1. The molecule has 1 saturated heterocycles. The number of fused-ring (bicyclic) bond motifs is 1. The Morgan fingerprint density at radius 2 is 1.95 bits per heavy atom. The lowest BCUT2D eigenvalue weighted by atomic mass is 10.1. The minimum absolute atomic E-state index is 0.165. The van der Waals surface area contributed by atoms with E-state index in [0.29, 0.717) is 29.9 Å². The number of ether oxygens (including phenoxy) is 1. The number of amides is 5. The van der Waals surface area contributed by atoms with Crippen LogP contribution in [0.5, 0.6) is 0 Å². The van der Waals surface area contributed by atoms with Crippen LogP contribution in [0, 0.1) is 0 Å². The van der Waals surface area contributed by atoms with Crippen molar-refractivity contribution >= 4 is 46.6 Å². The zero-order valence-electron chi connectivity index (χ0n) is 20.4. The smallest absolute Gasteiger partial charge is 0.408 e. The van der Waals surface area contributed by atoms with E-state index in [2.05, 4.69) is 25.9 Å². The highest BCUT2D eigenvalue weighted by atomic mass is 16.5. The number of nitrogens with one attached hydrogen (secondary N) is 4. The molecule has 5 amide bonds. The number of rotatable bonds is 10. The number of hydrogen-bond donors (Lipinski definition) is 5. The molecule has 1 fully saturated rings. The molecular weight excluding hydrogens is 496 g/mol. The van der Waals surface area contributed by atoms with E-state index in [1.165, 1.54) is 6.92 Å². The highest BCUT2D eigenvalue weighted by Gasteiger charge is 2.38. The molecule has 1 aliphatic heterocycles. The van der Waals surface area contributed by atoms with Crippen molar-refractivity contribution in [1.82, 2.24) is 25.5 Å². The number of para-hydroxylation sites is 2. The Hall–Kier alpha value is -4.94. The number of carbonyl (C=O) groups is 5. The number of alkyl carbamates (subject to hydrolysis) is 1. The Kier molecular flexibility index (Phi) is 7.85. The summed E-state index contributed by atoms with van der Waals surface area (Å²) in [5.74, 6) is -1.58. The first kappa shape index (κ1) is 26.1. The zero-order valence-corrected chi connectivity index (χ0v) is 20.4. The number of anilines is 1. The summed E-state index contributed by atoms with van der Waals surface area (Å²) in [7, 11) is 0. The molecule has 3 aromatic rings. The fourth-order valence-electron chi connectivity index (χ4n) is 3.84. The van der Waals surface area contributed by atoms with Gasteiger partial charge in [0.15, 0.2) is 0 Å². The monoisotopic (exact) mass is 522 g/mol. The summed E-state index contributed by atoms with van der Waals surface area (Å²) in [6, 6.07) is 11.4. The number of carboxylic acids is 1. The molecule has 1 aliphatic rings. The second-order valence-electron chi connectivity index (χ2n) is 8.69. The fourth-order valence-corrected chi connectivity index (χ4v) is 3.84. The van der Waals surface area contributed by atoms with E-state index >= 15 is 0 Å². The van der Waals surface area contributed by atoms with Crippen LogP contribution in [0.2, 0.25) is 0 Å². The molecule has 0 spiro atoms. The standard InChI is InChI=1S/C25H26N6O7/c1-14(23(34)35)26-25(37)38-13-15-5-4-6-16(11-15)27-21(32)12-31-22(33)19(30-24(31)36)9-10-20-28-17-7-2-3-8-18(17)29-20/h2-8,11,14,19H,9-10,12-13H2,1H3,(H,26,37)(H,27,32)(H,28,29)(H,30,36)(H,34,35)/t14-,19-/m0/s1. The van der Waals surface area contributed by atoms with Gasteiger partial charge in [0.25, 0.3) is 5.91 Å². The second-order valence-corrected chi connectivity index (χ2v) is 8.69. The number of hydrogen-bond acceptors (Lipinski definition) is 7. The molecule has 4 rings (SSSR count). The third-order valence-corrected chi connectivity index (χ3v) is 5.80. The minimum atomic E-state index is -1.20. The molecular formula is C25H26N6O7. The Balaban J connectivity index is 1.26. The highest BCUT2D eigenvalue weighted by Crippen LogP contribution is 2.16. The number of carbonyl (C=O) groups excluding carboxylic acids is 4. The first-order valence-electron chi connectivity index (χ1n) is 11.8. The van der Waals surface area contributed by atoms with Crippen molar-refractivity contribution in [2.24, 2.45) is 0 Å². The number of benzene rings is 2. The quantitative estimate of drug-likeness (QED) is 0.250. The van der Waals surface area contributed by atoms with Gasteiger partial charge < -0.3 is 30.8 Å². The first-order valence-corrected chi connectivity index (χ1v) is 11.8. The molecule has 0 unspecified atom stereocenters. The summed E-state index contributed by atoms with van der Waals surface area (Å²) in [4.78, 5) is 68.7. The van der Waals surface area contributed by atoms with E-state index in [-0.39, 0.29) is 6.61 Å². The van der Waals surface area contributed by atoms with Crippen LogP contribution in [-0.4, -0.2) is 68.5 Å². The molecule has 198 valence electrons. The molecule has 2 heterocycles. The van der Waals surface area contributed by atoms with E-state index in [9.17, 15) is 24.0 Å². The van der Waals surface area contributed by atoms with Crippen LogP contribution in [0.15, 0.2) is 48.5 Å². The van der Waals surface area contributed by atoms with Crippen LogP contribution in [0.3, 0.4) is 0 Å². The number of imidazole rings is 1. The lowest BCUT2D eigenvalue weighted by Gasteiger charge is -2.14. The van der Waals surface area contributed by atoms with Crippen molar-refractivity contribution in [2.45, 2.75) is 38.5 Å². The maximum atomic E-state index is 12.8. The topological polar surface area (TPSA) is 183 Å². The van der Waals surface area contributed by atoms with E-state index in [1.807, 2.05) is 24.3 Å². The van der Waals surface area contributed by atoms with E-state index in [4.69, 9.17) is 9.84 Å². The third kappa shape index (κ3) is 6.43. The van der Waals surface area contributed by atoms with Gasteiger partial charge in [-0.1, -0.05) is 24.3 Å². The van der Waals surface area contributed by atoms with Crippen molar-refractivity contribution in [3.8, 4) is 0 Å². The number of aromatic nitrogens is 2. The molecule has 0 aliphatic carbocycles. The SMILES string of the molecule is C[C@H](NC(=O)OCc1cccc(NC(=O)CN2C(=O)N[C@@H](CCc3nc4ccccc4[nH]3)C2=O)c1)C(=O)O. The van der Waals surface area contributed by atoms with E-state index in [0.717, 1.165) is 15.9 Å². The van der Waals surface area contributed by atoms with Crippen LogP contribution in [-0.2, 0) is 32.1 Å². The second kappa shape index (κ2) is 11.4. The van der Waals surface area contributed by atoms with Gasteiger partial charge in [0.1, 0.15) is 31.1 Å². The Bertz CT molecular complexity index is 1350. The van der Waals surface area contributed by atoms with E-state index < -0.39 is 48.5 Å². The number of aryl methyl sites for hydroxylation is 1. The van der Waals surface area contributed by atoms with Gasteiger partial charge in [-0.3, -0.25) is 19.3 Å². The zero-order chi connectivity index (χ0) is 27.2. The van der Waals surface area contributed by atoms with Gasteiger partial charge in [-0.05, 0) is 43.2 Å². The van der Waals surface area contributed by atoms with Crippen LogP contribution in [0.25, 0.3) is 11.0 Å². The molecule has 0 radical (unpaired) electrons. The predicted octanol–water partition coefficient (Wildman–Crippen LogP) is 1.75. The Morgan fingerprint density at radius 1 is 1.16 bits per heavy atom. The predicted molar refractivity (Wildman–Crippen MR) is 134 cm³/mol. The summed E-state index contributed by atoms with van der Waals surface area (Å²) < 4.78 is 4.99. The average molecular weight is 523 g/mol. The number of H-pyrrole nitrogens is 1. The minimum Gasteiger partial charge on any atom is -0.480 e. The van der Waals surface area contributed by atoms with Gasteiger partial charge in [-0.2, -0.15) is 0 Å². The molecule has 13 heteroatoms. The lowest BCUT2D eigenvalue weighted by Crippen LogP contribution is -2.38. The van der Waals surface area contributed by atoms with Gasteiger partial charge in [0, 0.05) is 12.1 Å². The van der Waals surface area contributed by atoms with Crippen molar-refractivity contribution in [3.63, 3.8) is 0 Å². The Labute approximate surface area is 216 Å². The molecule has 1 aromatic heterocycles. The lowest BCUT2D eigenvalue weighted by molar-refractivity contribution is -0.138. The number of nitrogens with zero attached hydrogens (tertiary/aromatic N) is 2. The molecule has 13 nitrogen and oxygen atoms in total.